The number of benzene rings is 2. The molecular weight excluding hydrogens is 329 g/mol. The molecule has 122 valence electrons. The second-order valence-corrected chi connectivity index (χ2v) is 5.36. The zero-order valence-electron chi connectivity index (χ0n) is 12.2. The van der Waals surface area contributed by atoms with Gasteiger partial charge in [-0.1, -0.05) is 17.7 Å². The van der Waals surface area contributed by atoms with Crippen LogP contribution < -0.4 is 10.6 Å². The fraction of sp³-hybridized carbons (Fsp3) is 0.188. The number of hydrogen-bond acceptors (Lipinski definition) is 2. The van der Waals surface area contributed by atoms with Gasteiger partial charge in [0.15, 0.2) is 11.6 Å². The monoisotopic (exact) mass is 342 g/mol. The summed E-state index contributed by atoms with van der Waals surface area (Å²) in [7, 11) is 0. The van der Waals surface area contributed by atoms with E-state index in [1.165, 1.54) is 18.2 Å². The summed E-state index contributed by atoms with van der Waals surface area (Å²) in [6, 6.07) is 7.02. The molecule has 2 rings (SSSR count). The summed E-state index contributed by atoms with van der Waals surface area (Å²) in [5.41, 5.74) is 0.880. The van der Waals surface area contributed by atoms with Crippen molar-refractivity contribution in [3.63, 3.8) is 0 Å². The Morgan fingerprint density at radius 1 is 1.09 bits per heavy atom. The van der Waals surface area contributed by atoms with Crippen LogP contribution in [0.15, 0.2) is 36.4 Å². The van der Waals surface area contributed by atoms with Crippen LogP contribution in [0.2, 0.25) is 5.02 Å². The molecule has 0 aliphatic carbocycles. The molecule has 0 saturated carbocycles. The van der Waals surface area contributed by atoms with Gasteiger partial charge in [-0.15, -0.1) is 0 Å². The van der Waals surface area contributed by atoms with Gasteiger partial charge in [0.2, 0.25) is 5.91 Å². The number of carbonyl (C=O) groups excluding carboxylic acids is 1. The molecule has 0 spiro atoms. The van der Waals surface area contributed by atoms with Gasteiger partial charge >= 0.3 is 0 Å². The summed E-state index contributed by atoms with van der Waals surface area (Å²) in [5, 5.41) is 5.34. The average Bonchev–Trinajstić information content (AvgIpc) is 2.51. The molecule has 0 aliphatic rings. The molecule has 0 saturated heterocycles. The second-order valence-electron chi connectivity index (χ2n) is 4.95. The van der Waals surface area contributed by atoms with E-state index in [1.807, 2.05) is 0 Å². The summed E-state index contributed by atoms with van der Waals surface area (Å²) in [5.74, 6) is -2.81. The minimum absolute atomic E-state index is 0.0604. The number of anilines is 1. The number of carbonyl (C=O) groups is 1. The van der Waals surface area contributed by atoms with Crippen LogP contribution in [0.25, 0.3) is 0 Å². The molecule has 2 aromatic carbocycles. The molecule has 23 heavy (non-hydrogen) atoms. The largest absolute Gasteiger partial charge is 0.325 e. The predicted octanol–water partition coefficient (Wildman–Crippen LogP) is 4.05. The maximum atomic E-state index is 13.2. The van der Waals surface area contributed by atoms with Crippen LogP contribution in [0.1, 0.15) is 18.5 Å². The molecule has 0 aromatic heterocycles. The van der Waals surface area contributed by atoms with E-state index >= 15 is 0 Å². The quantitative estimate of drug-likeness (QED) is 0.860. The van der Waals surface area contributed by atoms with E-state index in [2.05, 4.69) is 10.6 Å². The molecule has 2 aromatic rings. The highest BCUT2D eigenvalue weighted by Gasteiger charge is 2.11. The van der Waals surface area contributed by atoms with Crippen molar-refractivity contribution < 1.29 is 18.0 Å². The molecule has 1 amide bonds. The van der Waals surface area contributed by atoms with Crippen molar-refractivity contribution in [1.82, 2.24) is 5.32 Å². The van der Waals surface area contributed by atoms with Crippen LogP contribution in [-0.4, -0.2) is 12.5 Å². The number of amides is 1. The van der Waals surface area contributed by atoms with E-state index in [9.17, 15) is 18.0 Å². The minimum atomic E-state index is -0.943. The SMILES string of the molecule is C[C@H](NCC(=O)Nc1ccc(F)c(Cl)c1)c1ccc(F)c(F)c1. The molecule has 0 unspecified atom stereocenters. The standard InChI is InChI=1S/C16H14ClF3N2O/c1-9(10-2-4-14(19)15(20)6-10)21-8-16(23)22-11-3-5-13(18)12(17)7-11/h2-7,9,21H,8H2,1H3,(H,22,23)/t9-/m0/s1. The molecule has 0 radical (unpaired) electrons. The topological polar surface area (TPSA) is 41.1 Å². The first-order chi connectivity index (χ1) is 10.9. The van der Waals surface area contributed by atoms with Crippen molar-refractivity contribution in [3.8, 4) is 0 Å². The number of halogens is 4. The van der Waals surface area contributed by atoms with Crippen molar-refractivity contribution in [1.29, 1.82) is 0 Å². The fourth-order valence-corrected chi connectivity index (χ4v) is 2.10. The third-order valence-corrected chi connectivity index (χ3v) is 3.51. The van der Waals surface area contributed by atoms with Gasteiger partial charge in [0, 0.05) is 11.7 Å². The summed E-state index contributed by atoms with van der Waals surface area (Å²) >= 11 is 5.62. The van der Waals surface area contributed by atoms with Gasteiger partial charge in [0.25, 0.3) is 0 Å². The van der Waals surface area contributed by atoms with Crippen LogP contribution in [0.5, 0.6) is 0 Å². The Labute approximate surface area is 136 Å². The number of nitrogens with one attached hydrogen (secondary N) is 2. The Morgan fingerprint density at radius 3 is 2.43 bits per heavy atom. The van der Waals surface area contributed by atoms with Gasteiger partial charge in [0.05, 0.1) is 11.6 Å². The molecule has 0 bridgehead atoms. The van der Waals surface area contributed by atoms with Gasteiger partial charge in [-0.2, -0.15) is 0 Å². The van der Waals surface area contributed by atoms with Crippen molar-refractivity contribution in [2.24, 2.45) is 0 Å². The fourth-order valence-electron chi connectivity index (χ4n) is 1.92. The first-order valence-electron chi connectivity index (χ1n) is 6.80. The van der Waals surface area contributed by atoms with E-state index < -0.39 is 17.5 Å². The normalized spacial score (nSPS) is 12.0. The Bertz CT molecular complexity index is 724. The minimum Gasteiger partial charge on any atom is -0.325 e. The van der Waals surface area contributed by atoms with Gasteiger partial charge < -0.3 is 10.6 Å². The van der Waals surface area contributed by atoms with E-state index in [0.29, 0.717) is 11.3 Å². The first-order valence-corrected chi connectivity index (χ1v) is 7.18. The summed E-state index contributed by atoms with van der Waals surface area (Å²) < 4.78 is 39.1. The van der Waals surface area contributed by atoms with Crippen LogP contribution in [0, 0.1) is 17.5 Å². The molecular formula is C16H14ClF3N2O. The van der Waals surface area contributed by atoms with Crippen LogP contribution in [0.3, 0.4) is 0 Å². The van der Waals surface area contributed by atoms with E-state index in [-0.39, 0.29) is 23.5 Å². The van der Waals surface area contributed by atoms with E-state index in [4.69, 9.17) is 11.6 Å². The summed E-state index contributed by atoms with van der Waals surface area (Å²) in [4.78, 5) is 11.8. The Hall–Kier alpha value is -2.05. The summed E-state index contributed by atoms with van der Waals surface area (Å²) in [6.45, 7) is 1.66. The lowest BCUT2D eigenvalue weighted by atomic mass is 10.1. The van der Waals surface area contributed by atoms with Crippen molar-refractivity contribution >= 4 is 23.2 Å². The Morgan fingerprint density at radius 2 is 1.78 bits per heavy atom. The first kappa shape index (κ1) is 17.3. The summed E-state index contributed by atoms with van der Waals surface area (Å²) in [6.07, 6.45) is 0. The lowest BCUT2D eigenvalue weighted by molar-refractivity contribution is -0.115. The zero-order valence-corrected chi connectivity index (χ0v) is 12.9. The van der Waals surface area contributed by atoms with Gasteiger partial charge in [-0.05, 0) is 42.8 Å². The predicted molar refractivity (Wildman–Crippen MR) is 82.8 cm³/mol. The van der Waals surface area contributed by atoms with Gasteiger partial charge in [-0.3, -0.25) is 4.79 Å². The van der Waals surface area contributed by atoms with Crippen LogP contribution >= 0.6 is 11.6 Å². The van der Waals surface area contributed by atoms with Crippen molar-refractivity contribution in [3.05, 3.63) is 64.4 Å². The smallest absolute Gasteiger partial charge is 0.238 e. The van der Waals surface area contributed by atoms with Crippen LogP contribution in [-0.2, 0) is 4.79 Å². The van der Waals surface area contributed by atoms with Crippen molar-refractivity contribution in [2.45, 2.75) is 13.0 Å². The van der Waals surface area contributed by atoms with E-state index in [0.717, 1.165) is 18.2 Å². The lowest BCUT2D eigenvalue weighted by Crippen LogP contribution is -2.30. The molecule has 0 fully saturated rings. The number of rotatable bonds is 5. The second kappa shape index (κ2) is 7.48. The highest BCUT2D eigenvalue weighted by molar-refractivity contribution is 6.31. The van der Waals surface area contributed by atoms with E-state index in [1.54, 1.807) is 6.92 Å². The maximum absolute atomic E-state index is 13.2. The van der Waals surface area contributed by atoms with Crippen LogP contribution in [0.4, 0.5) is 18.9 Å². The Kier molecular flexibility index (Phi) is 5.63. The highest BCUT2D eigenvalue weighted by atomic mass is 35.5. The molecule has 0 aliphatic heterocycles. The molecule has 1 atom stereocenters. The molecule has 0 heterocycles. The van der Waals surface area contributed by atoms with Gasteiger partial charge in [0.1, 0.15) is 5.82 Å². The Balaban J connectivity index is 1.90. The third-order valence-electron chi connectivity index (χ3n) is 3.22. The maximum Gasteiger partial charge on any atom is 0.238 e. The zero-order chi connectivity index (χ0) is 17.0. The third kappa shape index (κ3) is 4.71. The molecule has 3 nitrogen and oxygen atoms in total. The number of hydrogen-bond donors (Lipinski definition) is 2. The highest BCUT2D eigenvalue weighted by Crippen LogP contribution is 2.19. The van der Waals surface area contributed by atoms with Crippen molar-refractivity contribution in [2.75, 3.05) is 11.9 Å². The lowest BCUT2D eigenvalue weighted by Gasteiger charge is -2.14. The average molecular weight is 343 g/mol. The molecule has 2 N–H and O–H groups in total. The molecule has 7 heteroatoms. The van der Waals surface area contributed by atoms with Gasteiger partial charge in [-0.25, -0.2) is 13.2 Å².